The van der Waals surface area contributed by atoms with Crippen LogP contribution in [0.1, 0.15) is 126 Å². The molecule has 0 atom stereocenters. The number of allylic oxidation sites excluding steroid dienone is 3. The molecule has 6 aromatic rings. The first-order valence-electron chi connectivity index (χ1n) is 28.9. The van der Waals surface area contributed by atoms with Crippen LogP contribution in [0.5, 0.6) is 23.0 Å². The van der Waals surface area contributed by atoms with Gasteiger partial charge in [0.1, 0.15) is 52.6 Å². The number of alkyl halides is 15. The molecule has 0 amide bonds. The Labute approximate surface area is 594 Å². The third-order valence-electron chi connectivity index (χ3n) is 11.9. The number of benzene rings is 4. The van der Waals surface area contributed by atoms with Gasteiger partial charge >= 0.3 is 56.6 Å². The monoisotopic (exact) mass is 1580 g/mol. The van der Waals surface area contributed by atoms with E-state index in [1.165, 1.54) is 96.2 Å². The molecule has 2 heterocycles. The summed E-state index contributed by atoms with van der Waals surface area (Å²) in [5, 5.41) is 11.9. The first-order chi connectivity index (χ1) is 45.3. The van der Waals surface area contributed by atoms with E-state index in [1.807, 2.05) is 26.8 Å². The molecule has 0 radical (unpaired) electrons. The highest BCUT2D eigenvalue weighted by molar-refractivity contribution is 9.09. The van der Waals surface area contributed by atoms with Crippen molar-refractivity contribution in [2.75, 3.05) is 10.7 Å². The molecule has 0 unspecified atom stereocenters. The van der Waals surface area contributed by atoms with Gasteiger partial charge in [0.25, 0.3) is 0 Å². The van der Waals surface area contributed by atoms with Crippen molar-refractivity contribution in [2.24, 2.45) is 0 Å². The van der Waals surface area contributed by atoms with E-state index < -0.39 is 74.3 Å². The fourth-order valence-corrected chi connectivity index (χ4v) is 9.04. The minimum absolute atomic E-state index is 0.138. The summed E-state index contributed by atoms with van der Waals surface area (Å²) in [7, 11) is 5.79. The molecular weight excluding hydrogens is 1510 g/mol. The second-order valence-electron chi connectivity index (χ2n) is 22.4. The number of nitrogens with zero attached hydrogens (tertiary/aromatic N) is 2. The number of carbonyl (C=O) groups is 7. The molecule has 4 aromatic carbocycles. The zero-order valence-electron chi connectivity index (χ0n) is 55.1. The first-order valence-corrected chi connectivity index (χ1v) is 34.9. The van der Waals surface area contributed by atoms with E-state index in [2.05, 4.69) is 60.3 Å². The number of aliphatic carboxylic acids is 1. The normalized spacial score (nSPS) is 12.0. The zero-order valence-corrected chi connectivity index (χ0v) is 60.9. The Morgan fingerprint density at radius 2 is 0.909 bits per heavy atom. The number of hydrogen-bond donors (Lipinski definition) is 1. The highest BCUT2D eigenvalue weighted by atomic mass is 79.9. The number of halogens is 17. The predicted octanol–water partition coefficient (Wildman–Crippen LogP) is 19.4. The topological polar surface area (TPSA) is 205 Å². The van der Waals surface area contributed by atoms with Crippen molar-refractivity contribution in [3.8, 4) is 23.0 Å². The van der Waals surface area contributed by atoms with Crippen LogP contribution in [0, 0.1) is 0 Å². The lowest BCUT2D eigenvalue weighted by Crippen LogP contribution is -2.26. The highest BCUT2D eigenvalue weighted by Crippen LogP contribution is 2.35. The van der Waals surface area contributed by atoms with Gasteiger partial charge in [0.2, 0.25) is 5.24 Å². The molecule has 546 valence electrons. The van der Waals surface area contributed by atoms with E-state index in [-0.39, 0.29) is 84.8 Å². The van der Waals surface area contributed by atoms with E-state index in [4.69, 9.17) is 47.8 Å². The summed E-state index contributed by atoms with van der Waals surface area (Å²) in [6.07, 6.45) is -9.52. The van der Waals surface area contributed by atoms with Gasteiger partial charge in [-0.25, -0.2) is 0 Å². The molecule has 1 N–H and O–H groups in total. The Morgan fingerprint density at radius 1 is 0.545 bits per heavy atom. The Morgan fingerprint density at radius 3 is 1.24 bits per heavy atom. The van der Waals surface area contributed by atoms with Gasteiger partial charge in [-0.2, -0.15) is 0 Å². The largest absolute Gasteiger partial charge is 0.573 e. The average molecular weight is 1580 g/mol. The fraction of sp³-hybridized carbons (Fsp3) is 0.400. The smallest absolute Gasteiger partial charge is 0.480 e. The summed E-state index contributed by atoms with van der Waals surface area (Å²) in [5.41, 5.74) is 3.73. The van der Waals surface area contributed by atoms with Crippen molar-refractivity contribution >= 4 is 148 Å². The summed E-state index contributed by atoms with van der Waals surface area (Å²) in [4.78, 5) is 77.1. The lowest BCUT2D eigenvalue weighted by atomic mass is 10.0. The minimum atomic E-state index is -4.84. The maximum absolute atomic E-state index is 12.4. The number of esters is 2. The minimum Gasteiger partial charge on any atom is -0.480 e. The molecule has 8 rings (SSSR count). The average Bonchev–Trinajstić information content (AvgIpc) is 1.65. The van der Waals surface area contributed by atoms with Crippen LogP contribution < -0.4 is 18.9 Å². The van der Waals surface area contributed by atoms with Gasteiger partial charge in [-0.15, -0.1) is 75.9 Å². The quantitative estimate of drug-likeness (QED) is 0.0269. The van der Waals surface area contributed by atoms with Crippen molar-refractivity contribution in [2.45, 2.75) is 156 Å². The summed E-state index contributed by atoms with van der Waals surface area (Å²) in [5.74, 6) is -4.11. The lowest BCUT2D eigenvalue weighted by molar-refractivity contribution is -0.275. The second-order valence-corrected chi connectivity index (χ2v) is 28.9. The maximum atomic E-state index is 12.4. The number of fused-ring (bicyclic) bond motifs is 4. The highest BCUT2D eigenvalue weighted by Gasteiger charge is 2.35. The molecule has 0 fully saturated rings. The predicted molar refractivity (Wildman–Crippen MR) is 357 cm³/mol. The molecule has 99 heavy (non-hydrogen) atoms. The molecule has 2 aromatic heterocycles. The van der Waals surface area contributed by atoms with Crippen LogP contribution in [0.2, 0.25) is 10.6 Å². The molecule has 16 nitrogen and oxygen atoms in total. The van der Waals surface area contributed by atoms with Gasteiger partial charge < -0.3 is 42.7 Å². The van der Waals surface area contributed by atoms with E-state index in [9.17, 15) is 86.2 Å². The van der Waals surface area contributed by atoms with Gasteiger partial charge in [0, 0.05) is 57.8 Å². The third-order valence-corrected chi connectivity index (χ3v) is 15.9. The van der Waals surface area contributed by atoms with Crippen LogP contribution in [0.3, 0.4) is 0 Å². The molecule has 2 aliphatic carbocycles. The van der Waals surface area contributed by atoms with Gasteiger partial charge in [-0.3, -0.25) is 43.6 Å². The number of hydrogen-bond acceptors (Lipinski definition) is 13. The lowest BCUT2D eigenvalue weighted by Gasteiger charge is -2.19. The van der Waals surface area contributed by atoms with Crippen molar-refractivity contribution in [3.63, 3.8) is 0 Å². The number of Topliss-reactive ketones (excluding diaryl/α,β-unsaturated/α-hetero) is 3. The second kappa shape index (κ2) is 40.5. The summed E-state index contributed by atoms with van der Waals surface area (Å²) in [6.45, 7) is 19.7. The van der Waals surface area contributed by atoms with Crippen LogP contribution in [0.15, 0.2) is 97.3 Å². The van der Waals surface area contributed by atoms with Crippen LogP contribution in [0.25, 0.3) is 33.5 Å². The standard InChI is InChI=1S/C17H18F3NO4.C13H10F3NO4.C12H9F3O2.C10H7F3O.C6H11BrO2.C2H3ClO.2C2H5.CH2Cl2.Al.ClH/c1-10(22)13-8-21(9-15(23)25-16(2,3)4)14-6-5-11(7-12(13)14)24-17(18,19)20;1-7(18)10-5-17(6-12(19)20)11-3-2-8(4-9(10)11)21-13(14,15)16;1-7(16)10-5-3-8-2-4-9(6-11(8)10)17-12(13,14)15;11-10(12,13)14-9-5-4-7-2-1-3-8(7)6-9;1-6(2,3)9-5(8)4-7;1-2(3)4;2*1-2;2-1-3;;/h5-8H,9H2,1-4H3;2-5H,6H2,1H3,(H,19,20);2,4-6H,3H2,1H3;1,3-6H,2H2;4H2,1-3H3;1H3;2*1H2,2H3;1H2;;1H/q;;;;;;;;;+1;/p-1. The molecule has 34 heteroatoms. The van der Waals surface area contributed by atoms with E-state index >= 15 is 0 Å². The molecule has 0 saturated carbocycles. The number of carboxylic acid groups (broad SMARTS) is 1. The van der Waals surface area contributed by atoms with E-state index in [0.717, 1.165) is 47.4 Å². The molecular formula is C65H70AlBrCl4F12N2O14. The molecule has 2 aliphatic rings. The van der Waals surface area contributed by atoms with Crippen molar-refractivity contribution in [3.05, 3.63) is 131 Å². The molecule has 0 spiro atoms. The van der Waals surface area contributed by atoms with Crippen LogP contribution in [-0.2, 0) is 59.4 Å². The maximum Gasteiger partial charge on any atom is 0.573 e. The van der Waals surface area contributed by atoms with Gasteiger partial charge in [-0.1, -0.05) is 70.7 Å². The van der Waals surface area contributed by atoms with Crippen LogP contribution >= 0.6 is 60.8 Å². The molecule has 0 aliphatic heterocycles. The number of aromatic nitrogens is 2. The number of carbonyl (C=O) groups excluding carboxylic acids is 6. The number of ketones is 3. The molecule has 0 bridgehead atoms. The Balaban J connectivity index is 0.000000606. The van der Waals surface area contributed by atoms with Gasteiger partial charge in [-0.05, 0) is 170 Å². The number of rotatable bonds is 14. The van der Waals surface area contributed by atoms with Crippen molar-refractivity contribution < 1.29 is 120 Å². The third kappa shape index (κ3) is 36.8. The summed E-state index contributed by atoms with van der Waals surface area (Å²) < 4.78 is 174. The molecule has 0 saturated heterocycles. The Kier molecular flexibility index (Phi) is 36.8. The number of ether oxygens (including phenoxy) is 6. The van der Waals surface area contributed by atoms with Crippen LogP contribution in [-0.4, -0.2) is 115 Å². The SMILES string of the molecule is CC(=O)C1=CCc2ccc(OC(F)(F)F)cc21.CC(=O)Cl.CC(=O)c1cn(CC(=O)O)c2ccc(OC(F)(F)F)cc12.CC(=O)c1cn(CC(=O)OC(C)(C)C)c2ccc(OC(F)(F)F)cc12.CC(C)(C)OC(=O)CBr.C[CH2][Al]([Cl])[CH2]C.ClCCl.FC(F)(F)Oc1ccc2c(c1)C=CC2. The van der Waals surface area contributed by atoms with Gasteiger partial charge in [0.15, 0.2) is 17.3 Å². The zero-order chi connectivity index (χ0) is 76.4. The van der Waals surface area contributed by atoms with Gasteiger partial charge in [0.05, 0.1) is 5.34 Å². The van der Waals surface area contributed by atoms with Crippen LogP contribution in [0.4, 0.5) is 52.7 Å². The number of carboxylic acids is 1. The Bertz CT molecular complexity index is 3770. The van der Waals surface area contributed by atoms with Crippen molar-refractivity contribution in [1.82, 2.24) is 9.13 Å². The van der Waals surface area contributed by atoms with E-state index in [1.54, 1.807) is 45.1 Å². The van der Waals surface area contributed by atoms with E-state index in [0.29, 0.717) is 28.6 Å². The Hall–Kier alpha value is -6.94. The fourth-order valence-electron chi connectivity index (χ4n) is 8.35. The van der Waals surface area contributed by atoms with Crippen molar-refractivity contribution in [1.29, 1.82) is 0 Å². The summed E-state index contributed by atoms with van der Waals surface area (Å²) >= 11 is 16.5. The summed E-state index contributed by atoms with van der Waals surface area (Å²) in [6, 6.07) is 15.5. The first kappa shape index (κ1) is 90.1.